The van der Waals surface area contributed by atoms with Crippen LogP contribution in [0.1, 0.15) is 34.4 Å². The summed E-state index contributed by atoms with van der Waals surface area (Å²) < 4.78 is 19.4. The molecule has 0 aliphatic heterocycles. The second-order valence-electron chi connectivity index (χ2n) is 6.15. The van der Waals surface area contributed by atoms with Crippen LogP contribution in [0.15, 0.2) is 34.9 Å². The number of carbonyl (C=O) groups excluding carboxylic acids is 1. The summed E-state index contributed by atoms with van der Waals surface area (Å²) in [6.07, 6.45) is 1.46. The minimum absolute atomic E-state index is 0.0211. The van der Waals surface area contributed by atoms with Gasteiger partial charge in [-0.15, -0.1) is 0 Å². The number of benzene rings is 1. The van der Waals surface area contributed by atoms with Crippen molar-refractivity contribution in [2.45, 2.75) is 26.4 Å². The van der Waals surface area contributed by atoms with Crippen molar-refractivity contribution < 1.29 is 18.7 Å². The molecule has 2 heterocycles. The van der Waals surface area contributed by atoms with Gasteiger partial charge >= 0.3 is 0 Å². The smallest absolute Gasteiger partial charge is 0.253 e. The normalized spacial score (nSPS) is 13.9. The van der Waals surface area contributed by atoms with Crippen LogP contribution in [0, 0.1) is 19.7 Å². The van der Waals surface area contributed by atoms with Crippen LogP contribution < -0.4 is 5.32 Å². The van der Waals surface area contributed by atoms with Crippen molar-refractivity contribution in [2.24, 2.45) is 0 Å². The molecule has 0 radical (unpaired) electrons. The molecule has 3 aromatic rings. The predicted molar refractivity (Wildman–Crippen MR) is 88.3 cm³/mol. The maximum atomic E-state index is 14.0. The molecule has 1 amide bonds. The topological polar surface area (TPSA) is 78.3 Å². The third-order valence-electron chi connectivity index (χ3n) is 4.11. The van der Waals surface area contributed by atoms with Crippen LogP contribution in [0.3, 0.4) is 0 Å². The number of rotatable bonds is 4. The molecular formula is C18H19FN2O3. The molecule has 1 aromatic carbocycles. The molecular weight excluding hydrogens is 311 g/mol. The number of furan rings is 1. The zero-order chi connectivity index (χ0) is 17.5. The second-order valence-corrected chi connectivity index (χ2v) is 6.15. The highest BCUT2D eigenvalue weighted by molar-refractivity contribution is 6.06. The Morgan fingerprint density at radius 3 is 2.83 bits per heavy atom. The summed E-state index contributed by atoms with van der Waals surface area (Å²) >= 11 is 0. The van der Waals surface area contributed by atoms with Crippen molar-refractivity contribution in [3.05, 3.63) is 58.9 Å². The van der Waals surface area contributed by atoms with Gasteiger partial charge < -0.3 is 19.8 Å². The molecule has 0 aliphatic carbocycles. The Morgan fingerprint density at radius 1 is 1.42 bits per heavy atom. The summed E-state index contributed by atoms with van der Waals surface area (Å²) in [5.41, 5.74) is 0.0833. The van der Waals surface area contributed by atoms with Crippen LogP contribution in [-0.4, -0.2) is 22.5 Å². The van der Waals surface area contributed by atoms with E-state index in [0.717, 1.165) is 0 Å². The van der Waals surface area contributed by atoms with Crippen molar-refractivity contribution >= 4 is 16.8 Å². The molecule has 1 atom stereocenters. The Labute approximate surface area is 138 Å². The number of hydrogen-bond acceptors (Lipinski definition) is 3. The predicted octanol–water partition coefficient (Wildman–Crippen LogP) is 3.15. The van der Waals surface area contributed by atoms with Crippen LogP contribution in [0.5, 0.6) is 0 Å². The van der Waals surface area contributed by atoms with Crippen LogP contribution in [0.25, 0.3) is 10.9 Å². The molecule has 1 unspecified atom stereocenters. The van der Waals surface area contributed by atoms with Gasteiger partial charge in [0.25, 0.3) is 5.91 Å². The summed E-state index contributed by atoms with van der Waals surface area (Å²) in [4.78, 5) is 15.3. The number of carbonyl (C=O) groups is 1. The molecule has 126 valence electrons. The fraction of sp³-hybridized carbons (Fsp3) is 0.278. The number of fused-ring (bicyclic) bond motifs is 1. The maximum absolute atomic E-state index is 14.0. The van der Waals surface area contributed by atoms with Gasteiger partial charge in [0.1, 0.15) is 22.9 Å². The minimum atomic E-state index is -1.29. The molecule has 0 saturated heterocycles. The standard InChI is InChI=1S/C18H19FN2O3/c1-10-7-13(11(2)24-10)18(3,23)9-21-17(22)12-8-20-15-6-4-5-14(19)16(12)15/h4-8,20,23H,9H2,1-3H3,(H,21,22). The van der Waals surface area contributed by atoms with E-state index < -0.39 is 17.3 Å². The molecule has 0 aliphatic rings. The van der Waals surface area contributed by atoms with E-state index in [1.807, 2.05) is 0 Å². The first-order valence-corrected chi connectivity index (χ1v) is 7.63. The first kappa shape index (κ1) is 16.3. The number of nitrogens with one attached hydrogen (secondary N) is 2. The second kappa shape index (κ2) is 5.79. The highest BCUT2D eigenvalue weighted by Crippen LogP contribution is 2.27. The SMILES string of the molecule is Cc1cc(C(C)(O)CNC(=O)c2c[nH]c3cccc(F)c23)c(C)o1. The van der Waals surface area contributed by atoms with E-state index in [1.165, 1.54) is 12.3 Å². The molecule has 3 N–H and O–H groups in total. The maximum Gasteiger partial charge on any atom is 0.253 e. The van der Waals surface area contributed by atoms with Gasteiger partial charge in [-0.1, -0.05) is 6.07 Å². The lowest BCUT2D eigenvalue weighted by atomic mass is 9.96. The van der Waals surface area contributed by atoms with E-state index >= 15 is 0 Å². The van der Waals surface area contributed by atoms with E-state index in [4.69, 9.17) is 4.42 Å². The number of aromatic amines is 1. The molecule has 0 fully saturated rings. The largest absolute Gasteiger partial charge is 0.466 e. The Morgan fingerprint density at radius 2 is 2.17 bits per heavy atom. The number of H-pyrrole nitrogens is 1. The highest BCUT2D eigenvalue weighted by Gasteiger charge is 2.28. The van der Waals surface area contributed by atoms with Gasteiger partial charge in [0.15, 0.2) is 0 Å². The van der Waals surface area contributed by atoms with Crippen LogP contribution in [0.4, 0.5) is 4.39 Å². The van der Waals surface area contributed by atoms with E-state index in [0.29, 0.717) is 22.6 Å². The first-order valence-electron chi connectivity index (χ1n) is 7.63. The fourth-order valence-corrected chi connectivity index (χ4v) is 2.93. The van der Waals surface area contributed by atoms with Crippen LogP contribution in [-0.2, 0) is 5.60 Å². The van der Waals surface area contributed by atoms with E-state index in [1.54, 1.807) is 39.0 Å². The number of hydrogen-bond donors (Lipinski definition) is 3. The average Bonchev–Trinajstić information content (AvgIpc) is 3.09. The number of aromatic nitrogens is 1. The van der Waals surface area contributed by atoms with Crippen LogP contribution >= 0.6 is 0 Å². The molecule has 0 saturated carbocycles. The molecule has 24 heavy (non-hydrogen) atoms. The summed E-state index contributed by atoms with van der Waals surface area (Å²) in [7, 11) is 0. The van der Waals surface area contributed by atoms with Crippen LogP contribution in [0.2, 0.25) is 0 Å². The third kappa shape index (κ3) is 2.80. The van der Waals surface area contributed by atoms with Crippen molar-refractivity contribution in [2.75, 3.05) is 6.54 Å². The summed E-state index contributed by atoms with van der Waals surface area (Å²) in [6, 6.07) is 6.32. The number of halogens is 1. The Kier molecular flexibility index (Phi) is 3.93. The fourth-order valence-electron chi connectivity index (χ4n) is 2.93. The van der Waals surface area contributed by atoms with Gasteiger partial charge in [-0.05, 0) is 39.0 Å². The first-order chi connectivity index (χ1) is 11.3. The van der Waals surface area contributed by atoms with Gasteiger partial charge in [-0.3, -0.25) is 4.79 Å². The van der Waals surface area contributed by atoms with Gasteiger partial charge in [0.05, 0.1) is 12.1 Å². The van der Waals surface area contributed by atoms with Gasteiger partial charge in [0.2, 0.25) is 0 Å². The Balaban J connectivity index is 1.81. The molecule has 3 rings (SSSR count). The molecule has 2 aromatic heterocycles. The summed E-state index contributed by atoms with van der Waals surface area (Å²) in [6.45, 7) is 5.13. The Bertz CT molecular complexity index is 908. The van der Waals surface area contributed by atoms with E-state index in [2.05, 4.69) is 10.3 Å². The monoisotopic (exact) mass is 330 g/mol. The van der Waals surface area contributed by atoms with Gasteiger partial charge in [-0.2, -0.15) is 0 Å². The zero-order valence-corrected chi connectivity index (χ0v) is 13.7. The zero-order valence-electron chi connectivity index (χ0n) is 13.7. The lowest BCUT2D eigenvalue weighted by Crippen LogP contribution is -2.38. The number of amides is 1. The van der Waals surface area contributed by atoms with Gasteiger partial charge in [-0.25, -0.2) is 4.39 Å². The molecule has 6 heteroatoms. The van der Waals surface area contributed by atoms with Crippen molar-refractivity contribution in [3.8, 4) is 0 Å². The number of aryl methyl sites for hydroxylation is 2. The molecule has 5 nitrogen and oxygen atoms in total. The van der Waals surface area contributed by atoms with Crippen molar-refractivity contribution in [1.29, 1.82) is 0 Å². The van der Waals surface area contributed by atoms with Crippen molar-refractivity contribution in [1.82, 2.24) is 10.3 Å². The summed E-state index contributed by atoms with van der Waals surface area (Å²) in [5, 5.41) is 13.5. The van der Waals surface area contributed by atoms with E-state index in [-0.39, 0.29) is 17.5 Å². The Hall–Kier alpha value is -2.60. The third-order valence-corrected chi connectivity index (χ3v) is 4.11. The molecule has 0 bridgehead atoms. The lowest BCUT2D eigenvalue weighted by Gasteiger charge is -2.23. The quantitative estimate of drug-likeness (QED) is 0.687. The minimum Gasteiger partial charge on any atom is -0.466 e. The lowest BCUT2D eigenvalue weighted by molar-refractivity contribution is 0.0514. The van der Waals surface area contributed by atoms with E-state index in [9.17, 15) is 14.3 Å². The van der Waals surface area contributed by atoms with Crippen molar-refractivity contribution in [3.63, 3.8) is 0 Å². The highest BCUT2D eigenvalue weighted by atomic mass is 19.1. The summed E-state index contributed by atoms with van der Waals surface area (Å²) in [5.74, 6) is 0.370. The average molecular weight is 330 g/mol. The number of aliphatic hydroxyl groups is 1. The van der Waals surface area contributed by atoms with Gasteiger partial charge in [0, 0.05) is 22.7 Å². The molecule has 0 spiro atoms.